The minimum atomic E-state index is -0.461. The molecule has 166 valence electrons. The number of fused-ring (bicyclic) bond motifs is 1. The number of rotatable bonds is 7. The maximum Gasteiger partial charge on any atom is 0.325 e. The van der Waals surface area contributed by atoms with Gasteiger partial charge in [0.15, 0.2) is 0 Å². The average molecular weight is 431 g/mol. The topological polar surface area (TPSA) is 67.4 Å². The van der Waals surface area contributed by atoms with Gasteiger partial charge in [0.25, 0.3) is 5.91 Å². The third-order valence-corrected chi connectivity index (χ3v) is 6.47. The zero-order chi connectivity index (χ0) is 22.5. The van der Waals surface area contributed by atoms with Crippen molar-refractivity contribution in [3.05, 3.63) is 83.4 Å². The number of benzene rings is 3. The van der Waals surface area contributed by atoms with Gasteiger partial charge in [0, 0.05) is 17.6 Å². The van der Waals surface area contributed by atoms with E-state index in [1.807, 2.05) is 24.3 Å². The van der Waals surface area contributed by atoms with Crippen LogP contribution in [0.15, 0.2) is 66.7 Å². The van der Waals surface area contributed by atoms with Crippen molar-refractivity contribution in [3.63, 3.8) is 0 Å². The highest BCUT2D eigenvalue weighted by atomic mass is 16.5. The van der Waals surface area contributed by atoms with Crippen molar-refractivity contribution in [2.24, 2.45) is 0 Å². The largest absolute Gasteiger partial charge is 0.468 e. The monoisotopic (exact) mass is 430 g/mol. The molecular weight excluding hydrogens is 400 g/mol. The van der Waals surface area contributed by atoms with E-state index >= 15 is 0 Å². The molecule has 1 aliphatic rings. The van der Waals surface area contributed by atoms with Crippen molar-refractivity contribution in [3.8, 4) is 0 Å². The van der Waals surface area contributed by atoms with Crippen LogP contribution in [0.1, 0.15) is 59.6 Å². The summed E-state index contributed by atoms with van der Waals surface area (Å²) in [6.45, 7) is 2.12. The Morgan fingerprint density at radius 1 is 1.00 bits per heavy atom. The zero-order valence-corrected chi connectivity index (χ0v) is 18.6. The summed E-state index contributed by atoms with van der Waals surface area (Å²) in [6.07, 6.45) is 3.36. The summed E-state index contributed by atoms with van der Waals surface area (Å²) in [5.74, 6) is -0.242. The second-order valence-corrected chi connectivity index (χ2v) is 8.54. The van der Waals surface area contributed by atoms with Crippen LogP contribution < -0.4 is 10.6 Å². The Bertz CT molecular complexity index is 1090. The Balaban J connectivity index is 1.35. The lowest BCUT2D eigenvalue weighted by molar-refractivity contribution is -0.139. The highest BCUT2D eigenvalue weighted by molar-refractivity contribution is 5.95. The maximum absolute atomic E-state index is 12.2. The van der Waals surface area contributed by atoms with Gasteiger partial charge in [-0.2, -0.15) is 0 Å². The molecule has 1 amide bonds. The number of esters is 1. The van der Waals surface area contributed by atoms with Gasteiger partial charge in [-0.25, -0.2) is 0 Å². The average Bonchev–Trinajstić information content (AvgIpc) is 3.30. The van der Waals surface area contributed by atoms with Crippen LogP contribution in [-0.4, -0.2) is 31.6 Å². The quantitative estimate of drug-likeness (QED) is 0.532. The van der Waals surface area contributed by atoms with Crippen molar-refractivity contribution in [1.82, 2.24) is 10.6 Å². The number of ether oxygens (including phenoxy) is 1. The lowest BCUT2D eigenvalue weighted by atomic mass is 9.96. The molecule has 1 aliphatic carbocycles. The van der Waals surface area contributed by atoms with Crippen LogP contribution in [-0.2, 0) is 9.53 Å². The van der Waals surface area contributed by atoms with E-state index < -0.39 is 5.97 Å². The van der Waals surface area contributed by atoms with Crippen LogP contribution in [0.4, 0.5) is 0 Å². The zero-order valence-electron chi connectivity index (χ0n) is 18.6. The lowest BCUT2D eigenvalue weighted by Gasteiger charge is -2.21. The van der Waals surface area contributed by atoms with E-state index in [1.165, 1.54) is 29.0 Å². The Kier molecular flexibility index (Phi) is 6.86. The van der Waals surface area contributed by atoms with Crippen LogP contribution >= 0.6 is 0 Å². The van der Waals surface area contributed by atoms with Gasteiger partial charge in [0.1, 0.15) is 6.54 Å². The van der Waals surface area contributed by atoms with Crippen molar-refractivity contribution in [1.29, 1.82) is 0 Å². The van der Waals surface area contributed by atoms with E-state index in [1.54, 1.807) is 0 Å². The standard InChI is InChI=1S/C27H30N2O3/c1-18(24-9-5-7-20-6-3-4-8-25(20)24)29-23-15-14-22(16-23)19-10-12-21(13-11-19)27(31)28-17-26(30)32-2/h3-13,18,22-23,29H,14-17H2,1-2H3,(H,28,31)/t18-,22-,23+/m1/s1. The van der Waals surface area contributed by atoms with E-state index in [2.05, 4.69) is 64.8 Å². The number of hydrogen-bond donors (Lipinski definition) is 2. The van der Waals surface area contributed by atoms with E-state index in [0.29, 0.717) is 17.5 Å². The molecule has 0 heterocycles. The molecule has 0 saturated heterocycles. The normalized spacial score (nSPS) is 18.9. The molecule has 1 fully saturated rings. The Morgan fingerprint density at radius 2 is 1.75 bits per heavy atom. The van der Waals surface area contributed by atoms with Crippen LogP contribution in [0, 0.1) is 0 Å². The van der Waals surface area contributed by atoms with Crippen LogP contribution in [0.5, 0.6) is 0 Å². The van der Waals surface area contributed by atoms with Gasteiger partial charge in [-0.05, 0) is 66.1 Å². The highest BCUT2D eigenvalue weighted by Crippen LogP contribution is 2.36. The summed E-state index contributed by atoms with van der Waals surface area (Å²) < 4.78 is 4.55. The fourth-order valence-corrected chi connectivity index (χ4v) is 4.74. The molecule has 3 aromatic carbocycles. The first-order valence-electron chi connectivity index (χ1n) is 11.2. The number of methoxy groups -OCH3 is 1. The van der Waals surface area contributed by atoms with Crippen molar-refractivity contribution >= 4 is 22.6 Å². The number of carbonyl (C=O) groups is 2. The van der Waals surface area contributed by atoms with Crippen LogP contribution in [0.25, 0.3) is 10.8 Å². The molecule has 0 unspecified atom stereocenters. The molecule has 5 nitrogen and oxygen atoms in total. The molecule has 0 spiro atoms. The molecule has 0 radical (unpaired) electrons. The lowest BCUT2D eigenvalue weighted by Crippen LogP contribution is -2.30. The Labute approximate surface area is 189 Å². The van der Waals surface area contributed by atoms with Gasteiger partial charge in [0.2, 0.25) is 0 Å². The molecule has 5 heteroatoms. The SMILES string of the molecule is COC(=O)CNC(=O)c1ccc([C@@H]2CC[C@H](N[C@H](C)c3cccc4ccccc34)C2)cc1. The molecule has 1 saturated carbocycles. The van der Waals surface area contributed by atoms with E-state index in [9.17, 15) is 9.59 Å². The highest BCUT2D eigenvalue weighted by Gasteiger charge is 2.27. The van der Waals surface area contributed by atoms with Gasteiger partial charge in [-0.3, -0.25) is 9.59 Å². The minimum absolute atomic E-state index is 0.123. The molecule has 0 aliphatic heterocycles. The smallest absolute Gasteiger partial charge is 0.325 e. The number of nitrogens with one attached hydrogen (secondary N) is 2. The third-order valence-electron chi connectivity index (χ3n) is 6.47. The van der Waals surface area contributed by atoms with E-state index in [4.69, 9.17) is 0 Å². The van der Waals surface area contributed by atoms with Gasteiger partial charge < -0.3 is 15.4 Å². The van der Waals surface area contributed by atoms with E-state index in [0.717, 1.165) is 19.3 Å². The second kappa shape index (κ2) is 9.96. The molecular formula is C27H30N2O3. The number of hydrogen-bond acceptors (Lipinski definition) is 4. The summed E-state index contributed by atoms with van der Waals surface area (Å²) in [4.78, 5) is 23.4. The molecule has 3 atom stereocenters. The predicted octanol–water partition coefficient (Wildman–Crippen LogP) is 4.73. The fraction of sp³-hybridized carbons (Fsp3) is 0.333. The summed E-state index contributed by atoms with van der Waals surface area (Å²) in [5, 5.41) is 9.00. The Hall–Kier alpha value is -3.18. The molecule has 2 N–H and O–H groups in total. The molecule has 4 rings (SSSR count). The van der Waals surface area contributed by atoms with Gasteiger partial charge in [-0.15, -0.1) is 0 Å². The van der Waals surface area contributed by atoms with Crippen LogP contribution in [0.3, 0.4) is 0 Å². The minimum Gasteiger partial charge on any atom is -0.468 e. The van der Waals surface area contributed by atoms with Crippen molar-refractivity contribution in [2.75, 3.05) is 13.7 Å². The summed E-state index contributed by atoms with van der Waals surface area (Å²) >= 11 is 0. The Morgan fingerprint density at radius 3 is 2.53 bits per heavy atom. The first-order chi connectivity index (χ1) is 15.5. The predicted molar refractivity (Wildman–Crippen MR) is 127 cm³/mol. The molecule has 32 heavy (non-hydrogen) atoms. The summed E-state index contributed by atoms with van der Waals surface area (Å²) in [6, 6.07) is 23.6. The summed E-state index contributed by atoms with van der Waals surface area (Å²) in [5.41, 5.74) is 3.15. The van der Waals surface area contributed by atoms with Gasteiger partial charge >= 0.3 is 5.97 Å². The first kappa shape index (κ1) is 22.0. The second-order valence-electron chi connectivity index (χ2n) is 8.54. The third kappa shape index (κ3) is 5.00. The van der Waals surface area contributed by atoms with Gasteiger partial charge in [-0.1, -0.05) is 54.6 Å². The summed E-state index contributed by atoms with van der Waals surface area (Å²) in [7, 11) is 1.30. The van der Waals surface area contributed by atoms with Crippen molar-refractivity contribution < 1.29 is 14.3 Å². The fourth-order valence-electron chi connectivity index (χ4n) is 4.74. The number of carbonyl (C=O) groups excluding carboxylic acids is 2. The molecule has 0 aromatic heterocycles. The van der Waals surface area contributed by atoms with E-state index in [-0.39, 0.29) is 18.5 Å². The van der Waals surface area contributed by atoms with Gasteiger partial charge in [0.05, 0.1) is 7.11 Å². The van der Waals surface area contributed by atoms with Crippen molar-refractivity contribution in [2.45, 2.75) is 44.2 Å². The maximum atomic E-state index is 12.2. The molecule has 0 bridgehead atoms. The molecule has 3 aromatic rings. The first-order valence-corrected chi connectivity index (χ1v) is 11.2. The van der Waals surface area contributed by atoms with Crippen LogP contribution in [0.2, 0.25) is 0 Å². The number of amides is 1.